The van der Waals surface area contributed by atoms with Crippen LogP contribution in [0.15, 0.2) is 71.1 Å². The molecule has 1 aromatic heterocycles. The van der Waals surface area contributed by atoms with Gasteiger partial charge >= 0.3 is 0 Å². The predicted molar refractivity (Wildman–Crippen MR) is 111 cm³/mol. The lowest BCUT2D eigenvalue weighted by molar-refractivity contribution is -0.385. The minimum atomic E-state index is -0.670. The zero-order valence-electron chi connectivity index (χ0n) is 15.3. The summed E-state index contributed by atoms with van der Waals surface area (Å²) in [5, 5.41) is 19.7. The van der Waals surface area contributed by atoms with Crippen LogP contribution in [-0.4, -0.2) is 22.4 Å². The lowest BCUT2D eigenvalue weighted by Gasteiger charge is -2.06. The van der Waals surface area contributed by atoms with Crippen LogP contribution < -0.4 is 10.7 Å². The van der Waals surface area contributed by atoms with E-state index >= 15 is 0 Å². The van der Waals surface area contributed by atoms with E-state index in [1.165, 1.54) is 29.5 Å². The van der Waals surface area contributed by atoms with E-state index in [2.05, 4.69) is 15.8 Å². The predicted octanol–water partition coefficient (Wildman–Crippen LogP) is 4.06. The summed E-state index contributed by atoms with van der Waals surface area (Å²) in [6.45, 7) is 1.69. The number of nitrogens with one attached hydrogen (secondary N) is 2. The van der Waals surface area contributed by atoms with E-state index in [0.717, 1.165) is 5.56 Å². The number of hydrazone groups is 1. The maximum absolute atomic E-state index is 12.2. The third kappa shape index (κ3) is 4.90. The zero-order valence-corrected chi connectivity index (χ0v) is 16.1. The van der Waals surface area contributed by atoms with Crippen molar-refractivity contribution in [3.05, 3.63) is 92.2 Å². The highest BCUT2D eigenvalue weighted by molar-refractivity contribution is 7.12. The highest BCUT2D eigenvalue weighted by Gasteiger charge is 2.18. The van der Waals surface area contributed by atoms with E-state index in [-0.39, 0.29) is 17.2 Å². The summed E-state index contributed by atoms with van der Waals surface area (Å²) in [6.07, 6.45) is 0. The second kappa shape index (κ2) is 8.89. The van der Waals surface area contributed by atoms with Crippen LogP contribution in [0, 0.1) is 10.1 Å². The Morgan fingerprint density at radius 3 is 2.38 bits per heavy atom. The van der Waals surface area contributed by atoms with Gasteiger partial charge in [0.2, 0.25) is 0 Å². The molecule has 0 unspecified atom stereocenters. The van der Waals surface area contributed by atoms with E-state index in [9.17, 15) is 19.7 Å². The molecule has 2 aromatic carbocycles. The molecule has 0 spiro atoms. The van der Waals surface area contributed by atoms with Gasteiger partial charge in [0.05, 0.1) is 15.5 Å². The Hall–Kier alpha value is -3.85. The second-order valence-corrected chi connectivity index (χ2v) is 6.87. The first-order chi connectivity index (χ1) is 14.0. The van der Waals surface area contributed by atoms with Gasteiger partial charge in [-0.1, -0.05) is 30.3 Å². The fraction of sp³-hybridized carbons (Fsp3) is 0.0500. The van der Waals surface area contributed by atoms with Gasteiger partial charge in [-0.25, -0.2) is 5.43 Å². The summed E-state index contributed by atoms with van der Waals surface area (Å²) < 4.78 is 0. The summed E-state index contributed by atoms with van der Waals surface area (Å²) in [6, 6.07) is 16.2. The number of hydrogen-bond acceptors (Lipinski definition) is 6. The van der Waals surface area contributed by atoms with Gasteiger partial charge in [-0.15, -0.1) is 11.3 Å². The maximum atomic E-state index is 12.2. The van der Waals surface area contributed by atoms with E-state index in [0.29, 0.717) is 16.3 Å². The van der Waals surface area contributed by atoms with Crippen molar-refractivity contribution in [3.63, 3.8) is 0 Å². The number of nitrogens with zero attached hydrogens (tertiary/aromatic N) is 2. The lowest BCUT2D eigenvalue weighted by atomic mass is 10.1. The number of hydrogen-bond donors (Lipinski definition) is 2. The number of amides is 2. The highest BCUT2D eigenvalue weighted by Crippen LogP contribution is 2.18. The van der Waals surface area contributed by atoms with Crippen LogP contribution in [0.5, 0.6) is 0 Å². The lowest BCUT2D eigenvalue weighted by Crippen LogP contribution is -2.20. The van der Waals surface area contributed by atoms with Gasteiger partial charge in [0.1, 0.15) is 5.56 Å². The number of thiophene rings is 1. The van der Waals surface area contributed by atoms with Gasteiger partial charge in [-0.3, -0.25) is 19.7 Å². The standard InChI is InChI=1S/C20H16N4O4S/c1-13(22-23-19(25)16-5-2-3-6-17(16)24(27)28)14-8-10-15(11-9-14)21-20(26)18-7-4-12-29-18/h2-12H,1H3,(H,21,26)(H,23,25)/b22-13+. The molecule has 9 heteroatoms. The smallest absolute Gasteiger partial charge is 0.282 e. The van der Waals surface area contributed by atoms with Crippen molar-refractivity contribution < 1.29 is 14.5 Å². The molecule has 3 rings (SSSR count). The average molecular weight is 408 g/mol. The highest BCUT2D eigenvalue weighted by atomic mass is 32.1. The van der Waals surface area contributed by atoms with Gasteiger partial charge in [0.15, 0.2) is 0 Å². The number of rotatable bonds is 6. The molecular formula is C20H16N4O4S. The molecule has 0 aliphatic carbocycles. The molecule has 2 N–H and O–H groups in total. The van der Waals surface area contributed by atoms with Gasteiger partial charge in [-0.2, -0.15) is 5.10 Å². The molecule has 29 heavy (non-hydrogen) atoms. The molecule has 3 aromatic rings. The summed E-state index contributed by atoms with van der Waals surface area (Å²) in [7, 11) is 0. The molecule has 0 aliphatic heterocycles. The summed E-state index contributed by atoms with van der Waals surface area (Å²) in [5.41, 5.74) is 3.84. The molecule has 0 fully saturated rings. The Labute approximate surface area is 170 Å². The second-order valence-electron chi connectivity index (χ2n) is 5.92. The number of carbonyl (C=O) groups excluding carboxylic acids is 2. The number of anilines is 1. The molecule has 0 atom stereocenters. The average Bonchev–Trinajstić information content (AvgIpc) is 3.27. The Balaban J connectivity index is 1.66. The number of para-hydroxylation sites is 1. The molecule has 2 amide bonds. The molecule has 0 bridgehead atoms. The van der Waals surface area contributed by atoms with Crippen molar-refractivity contribution in [2.24, 2.45) is 5.10 Å². The third-order valence-corrected chi connectivity index (χ3v) is 4.84. The summed E-state index contributed by atoms with van der Waals surface area (Å²) in [5.74, 6) is -0.855. The topological polar surface area (TPSA) is 114 Å². The normalized spacial score (nSPS) is 11.0. The molecular weight excluding hydrogens is 392 g/mol. The van der Waals surface area contributed by atoms with E-state index in [4.69, 9.17) is 0 Å². The van der Waals surface area contributed by atoms with Crippen LogP contribution in [0.3, 0.4) is 0 Å². The first-order valence-electron chi connectivity index (χ1n) is 8.49. The minimum absolute atomic E-state index is 0.0688. The molecule has 1 heterocycles. The molecule has 146 valence electrons. The van der Waals surface area contributed by atoms with Crippen LogP contribution in [0.1, 0.15) is 32.5 Å². The number of nitro groups is 1. The van der Waals surface area contributed by atoms with Crippen molar-refractivity contribution in [1.29, 1.82) is 0 Å². The van der Waals surface area contributed by atoms with Crippen LogP contribution in [0.4, 0.5) is 11.4 Å². The van der Waals surface area contributed by atoms with Crippen molar-refractivity contribution in [3.8, 4) is 0 Å². The Bertz CT molecular complexity index is 1080. The van der Waals surface area contributed by atoms with Crippen molar-refractivity contribution in [2.75, 3.05) is 5.32 Å². The van der Waals surface area contributed by atoms with Crippen molar-refractivity contribution >= 4 is 40.2 Å². The van der Waals surface area contributed by atoms with Crippen LogP contribution >= 0.6 is 11.3 Å². The molecule has 8 nitrogen and oxygen atoms in total. The fourth-order valence-corrected chi connectivity index (χ4v) is 3.10. The van der Waals surface area contributed by atoms with Gasteiger partial charge < -0.3 is 5.32 Å². The summed E-state index contributed by atoms with van der Waals surface area (Å²) >= 11 is 1.35. The third-order valence-electron chi connectivity index (χ3n) is 3.98. The van der Waals surface area contributed by atoms with E-state index in [1.54, 1.807) is 49.4 Å². The van der Waals surface area contributed by atoms with E-state index < -0.39 is 10.8 Å². The van der Waals surface area contributed by atoms with Gasteiger partial charge in [0.25, 0.3) is 17.5 Å². The first kappa shape index (κ1) is 19.9. The Morgan fingerprint density at radius 2 is 1.72 bits per heavy atom. The summed E-state index contributed by atoms with van der Waals surface area (Å²) in [4.78, 5) is 35.3. The van der Waals surface area contributed by atoms with Crippen LogP contribution in [0.2, 0.25) is 0 Å². The number of carbonyl (C=O) groups is 2. The van der Waals surface area contributed by atoms with Crippen LogP contribution in [-0.2, 0) is 0 Å². The number of nitro benzene ring substituents is 1. The van der Waals surface area contributed by atoms with E-state index in [1.807, 2.05) is 5.38 Å². The maximum Gasteiger partial charge on any atom is 0.282 e. The molecule has 0 aliphatic rings. The number of benzene rings is 2. The largest absolute Gasteiger partial charge is 0.321 e. The zero-order chi connectivity index (χ0) is 20.8. The monoisotopic (exact) mass is 408 g/mol. The minimum Gasteiger partial charge on any atom is -0.321 e. The van der Waals surface area contributed by atoms with Crippen LogP contribution in [0.25, 0.3) is 0 Å². The Kier molecular flexibility index (Phi) is 6.10. The van der Waals surface area contributed by atoms with Gasteiger partial charge in [0, 0.05) is 11.8 Å². The quantitative estimate of drug-likeness (QED) is 0.364. The Morgan fingerprint density at radius 1 is 1.00 bits per heavy atom. The SMILES string of the molecule is C/C(=N\NC(=O)c1ccccc1[N+](=O)[O-])c1ccc(NC(=O)c2cccs2)cc1. The van der Waals surface area contributed by atoms with Gasteiger partial charge in [-0.05, 0) is 42.1 Å². The first-order valence-corrected chi connectivity index (χ1v) is 9.37. The molecule has 0 radical (unpaired) electrons. The molecule has 0 saturated heterocycles. The molecule has 0 saturated carbocycles. The fourth-order valence-electron chi connectivity index (χ4n) is 2.48. The van der Waals surface area contributed by atoms with Crippen molar-refractivity contribution in [2.45, 2.75) is 6.92 Å². The van der Waals surface area contributed by atoms with Crippen molar-refractivity contribution in [1.82, 2.24) is 5.43 Å².